The number of hydrogen-bond acceptors (Lipinski definition) is 8. The normalized spacial score (nSPS) is 18.1. The Bertz CT molecular complexity index is 1470. The smallest absolute Gasteiger partial charge is 0.177 e. The van der Waals surface area contributed by atoms with Gasteiger partial charge in [0.15, 0.2) is 17.2 Å². The van der Waals surface area contributed by atoms with E-state index in [0.29, 0.717) is 24.6 Å². The van der Waals surface area contributed by atoms with Crippen LogP contribution >= 0.6 is 11.3 Å². The van der Waals surface area contributed by atoms with Gasteiger partial charge in [-0.3, -0.25) is 9.67 Å². The molecule has 1 saturated heterocycles. The first-order valence-electron chi connectivity index (χ1n) is 10.5. The van der Waals surface area contributed by atoms with Crippen LogP contribution in [0, 0.1) is 0 Å². The Balaban J connectivity index is 1.27. The molecule has 1 saturated carbocycles. The number of nitrogen functional groups attached to an aromatic ring is 1. The van der Waals surface area contributed by atoms with Crippen molar-refractivity contribution >= 4 is 38.2 Å². The molecule has 2 N–H and O–H groups in total. The number of fused-ring (bicyclic) bond motifs is 2. The van der Waals surface area contributed by atoms with Gasteiger partial charge in [-0.25, -0.2) is 4.98 Å². The maximum Gasteiger partial charge on any atom is 0.177 e. The quantitative estimate of drug-likeness (QED) is 0.432. The Morgan fingerprint density at radius 3 is 2.84 bits per heavy atom. The molecule has 1 aliphatic carbocycles. The van der Waals surface area contributed by atoms with Crippen LogP contribution in [0.4, 0.5) is 5.82 Å². The monoisotopic (exact) mass is 445 g/mol. The molecule has 0 radical (unpaired) electrons. The number of ether oxygens (including phenoxy) is 2. The molecular formula is C23H19N5O3S. The predicted molar refractivity (Wildman–Crippen MR) is 121 cm³/mol. The van der Waals surface area contributed by atoms with Crippen molar-refractivity contribution in [1.29, 1.82) is 0 Å². The van der Waals surface area contributed by atoms with E-state index in [1.807, 2.05) is 29.2 Å². The second kappa shape index (κ2) is 6.61. The van der Waals surface area contributed by atoms with Crippen LogP contribution in [0.15, 0.2) is 52.9 Å². The second-order valence-electron chi connectivity index (χ2n) is 8.31. The van der Waals surface area contributed by atoms with Gasteiger partial charge in [0.2, 0.25) is 0 Å². The summed E-state index contributed by atoms with van der Waals surface area (Å²) in [5, 5.41) is 8.73. The molecule has 160 valence electrons. The molecular weight excluding hydrogens is 426 g/mol. The van der Waals surface area contributed by atoms with Crippen molar-refractivity contribution in [3.8, 4) is 22.5 Å². The fourth-order valence-electron chi connectivity index (χ4n) is 4.73. The molecule has 5 aromatic heterocycles. The molecule has 32 heavy (non-hydrogen) atoms. The molecule has 2 fully saturated rings. The molecule has 0 aromatic carbocycles. The van der Waals surface area contributed by atoms with Gasteiger partial charge >= 0.3 is 0 Å². The highest BCUT2D eigenvalue weighted by Gasteiger charge is 2.50. The zero-order valence-electron chi connectivity index (χ0n) is 17.0. The van der Waals surface area contributed by atoms with Gasteiger partial charge in [0.1, 0.15) is 5.76 Å². The number of rotatable bonds is 3. The van der Waals surface area contributed by atoms with Crippen LogP contribution < -0.4 is 5.73 Å². The first-order chi connectivity index (χ1) is 15.7. The number of furan rings is 1. The topological polar surface area (TPSA) is 101 Å². The summed E-state index contributed by atoms with van der Waals surface area (Å²) in [7, 11) is 0. The first-order valence-corrected chi connectivity index (χ1v) is 11.4. The molecule has 8 nitrogen and oxygen atoms in total. The lowest BCUT2D eigenvalue weighted by Gasteiger charge is -2.42. The van der Waals surface area contributed by atoms with E-state index in [0.717, 1.165) is 50.8 Å². The van der Waals surface area contributed by atoms with Crippen LogP contribution in [0.1, 0.15) is 18.9 Å². The third-order valence-corrected chi connectivity index (χ3v) is 7.36. The Morgan fingerprint density at radius 2 is 1.97 bits per heavy atom. The summed E-state index contributed by atoms with van der Waals surface area (Å²) in [6.45, 7) is 1.34. The van der Waals surface area contributed by atoms with E-state index in [4.69, 9.17) is 19.6 Å². The Labute approximate surface area is 186 Å². The lowest BCUT2D eigenvalue weighted by Crippen LogP contribution is -2.45. The first kappa shape index (κ1) is 18.3. The average molecular weight is 446 g/mol. The van der Waals surface area contributed by atoms with Gasteiger partial charge in [0.25, 0.3) is 0 Å². The van der Waals surface area contributed by atoms with Crippen molar-refractivity contribution in [2.45, 2.75) is 24.7 Å². The Kier molecular flexibility index (Phi) is 3.79. The van der Waals surface area contributed by atoms with Crippen molar-refractivity contribution in [3.05, 3.63) is 48.5 Å². The highest BCUT2D eigenvalue weighted by atomic mass is 32.1. The summed E-state index contributed by atoms with van der Waals surface area (Å²) in [6.07, 6.45) is 11.0. The van der Waals surface area contributed by atoms with E-state index in [9.17, 15) is 0 Å². The molecule has 7 rings (SSSR count). The second-order valence-corrected chi connectivity index (χ2v) is 9.22. The largest absolute Gasteiger partial charge is 0.452 e. The number of hydrogen-bond donors (Lipinski definition) is 1. The molecule has 0 amide bonds. The van der Waals surface area contributed by atoms with E-state index in [1.165, 1.54) is 0 Å². The van der Waals surface area contributed by atoms with Gasteiger partial charge in [-0.2, -0.15) is 5.10 Å². The van der Waals surface area contributed by atoms with Gasteiger partial charge in [0, 0.05) is 70.5 Å². The minimum atomic E-state index is -0.398. The number of nitrogens with zero attached hydrogens (tertiary/aromatic N) is 4. The van der Waals surface area contributed by atoms with Crippen LogP contribution in [0.3, 0.4) is 0 Å². The molecule has 0 bridgehead atoms. The molecule has 0 unspecified atom stereocenters. The van der Waals surface area contributed by atoms with E-state index in [1.54, 1.807) is 23.7 Å². The van der Waals surface area contributed by atoms with Crippen LogP contribution in [0.25, 0.3) is 43.5 Å². The van der Waals surface area contributed by atoms with E-state index in [-0.39, 0.29) is 6.04 Å². The summed E-state index contributed by atoms with van der Waals surface area (Å²) in [4.78, 5) is 8.59. The maximum absolute atomic E-state index is 6.20. The fraction of sp³-hybridized carbons (Fsp3) is 0.261. The lowest BCUT2D eigenvalue weighted by molar-refractivity contribution is -0.227. The van der Waals surface area contributed by atoms with Gasteiger partial charge in [0.05, 0.1) is 30.2 Å². The third-order valence-electron chi connectivity index (χ3n) is 6.42. The number of anilines is 1. The predicted octanol–water partition coefficient (Wildman–Crippen LogP) is 4.63. The van der Waals surface area contributed by atoms with Crippen molar-refractivity contribution in [2.75, 3.05) is 18.9 Å². The van der Waals surface area contributed by atoms with Crippen molar-refractivity contribution in [2.24, 2.45) is 0 Å². The number of pyridine rings is 2. The average Bonchev–Trinajstić information content (AvgIpc) is 3.57. The fourth-order valence-corrected chi connectivity index (χ4v) is 5.65. The zero-order chi connectivity index (χ0) is 21.3. The summed E-state index contributed by atoms with van der Waals surface area (Å²) in [5.74, 6) is 0.743. The van der Waals surface area contributed by atoms with E-state index < -0.39 is 5.79 Å². The molecule has 1 aliphatic heterocycles. The zero-order valence-corrected chi connectivity index (χ0v) is 17.8. The van der Waals surface area contributed by atoms with Gasteiger partial charge in [-0.05, 0) is 12.1 Å². The van der Waals surface area contributed by atoms with Crippen LogP contribution in [0.2, 0.25) is 0 Å². The number of nitrogens with two attached hydrogens (primary N) is 1. The minimum absolute atomic E-state index is 0.268. The van der Waals surface area contributed by atoms with Crippen LogP contribution in [-0.4, -0.2) is 38.7 Å². The molecule has 9 heteroatoms. The molecule has 5 aromatic rings. The standard InChI is InChI=1S/C23H19N5O3S/c24-22-21-16(5-19(31-21)18-12-32-20-10-25-2-1-15(18)20)17(9-26-22)13-8-27-28(11-13)14-6-23(7-14)29-3-4-30-23/h1-2,5,8-12,14H,3-4,6-7H2,(H2,24,26). The molecule has 6 heterocycles. The summed E-state index contributed by atoms with van der Waals surface area (Å²) >= 11 is 1.64. The Morgan fingerprint density at radius 1 is 1.09 bits per heavy atom. The maximum atomic E-state index is 6.20. The highest BCUT2D eigenvalue weighted by molar-refractivity contribution is 7.17. The summed E-state index contributed by atoms with van der Waals surface area (Å²) in [5.41, 5.74) is 9.71. The van der Waals surface area contributed by atoms with Crippen molar-refractivity contribution in [1.82, 2.24) is 19.7 Å². The van der Waals surface area contributed by atoms with Gasteiger partial charge < -0.3 is 19.6 Å². The lowest BCUT2D eigenvalue weighted by atomic mass is 9.85. The number of thiophene rings is 1. The SMILES string of the molecule is Nc1ncc(-c2cnn(C3CC4(C3)OCCO4)c2)c2cc(-c3csc4cnccc34)oc12. The van der Waals surface area contributed by atoms with Gasteiger partial charge in [-0.15, -0.1) is 11.3 Å². The molecule has 0 atom stereocenters. The highest BCUT2D eigenvalue weighted by Crippen LogP contribution is 2.47. The third kappa shape index (κ3) is 2.65. The number of aromatic nitrogens is 4. The minimum Gasteiger partial charge on any atom is -0.452 e. The van der Waals surface area contributed by atoms with Crippen molar-refractivity contribution < 1.29 is 13.9 Å². The summed E-state index contributed by atoms with van der Waals surface area (Å²) in [6, 6.07) is 4.31. The van der Waals surface area contributed by atoms with Crippen LogP contribution in [-0.2, 0) is 9.47 Å². The Hall–Kier alpha value is -3.27. The van der Waals surface area contributed by atoms with Gasteiger partial charge in [-0.1, -0.05) is 0 Å². The summed E-state index contributed by atoms with van der Waals surface area (Å²) < 4.78 is 20.8. The van der Waals surface area contributed by atoms with Crippen molar-refractivity contribution in [3.63, 3.8) is 0 Å². The molecule has 2 aliphatic rings. The van der Waals surface area contributed by atoms with Crippen LogP contribution in [0.5, 0.6) is 0 Å². The van der Waals surface area contributed by atoms with E-state index >= 15 is 0 Å². The van der Waals surface area contributed by atoms with E-state index in [2.05, 4.69) is 26.6 Å². The molecule has 1 spiro atoms.